The van der Waals surface area contributed by atoms with Gasteiger partial charge in [0, 0.05) is 10.9 Å². The Morgan fingerprint density at radius 1 is 1.22 bits per heavy atom. The fourth-order valence-corrected chi connectivity index (χ4v) is 3.88. The molecule has 0 bridgehead atoms. The number of nitrogens with two attached hydrogens (primary N) is 1. The molecule has 1 aromatic carbocycles. The van der Waals surface area contributed by atoms with Gasteiger partial charge in [-0.1, -0.05) is 6.42 Å². The summed E-state index contributed by atoms with van der Waals surface area (Å²) >= 11 is 1.61. The van der Waals surface area contributed by atoms with Crippen LogP contribution in [0, 0.1) is 0 Å². The minimum absolute atomic E-state index is 0. The van der Waals surface area contributed by atoms with Gasteiger partial charge in [0.05, 0.1) is 23.4 Å². The van der Waals surface area contributed by atoms with Crippen LogP contribution in [0.2, 0.25) is 0 Å². The minimum Gasteiger partial charge on any atom is -0.497 e. The van der Waals surface area contributed by atoms with E-state index in [-0.39, 0.29) is 18.3 Å². The molecule has 0 aliphatic heterocycles. The molecule has 1 aliphatic rings. The number of anilines is 2. The largest absolute Gasteiger partial charge is 0.497 e. The highest BCUT2D eigenvalue weighted by Crippen LogP contribution is 2.30. The molecule has 1 aliphatic carbocycles. The topological polar surface area (TPSA) is 64.3 Å². The Hall–Kier alpha value is -1.72. The summed E-state index contributed by atoms with van der Waals surface area (Å²) in [4.78, 5) is 14.6. The minimum atomic E-state index is -0.0990. The van der Waals surface area contributed by atoms with Crippen LogP contribution >= 0.6 is 23.7 Å². The maximum Gasteiger partial charge on any atom is 0.265 e. The van der Waals surface area contributed by atoms with E-state index < -0.39 is 0 Å². The highest BCUT2D eigenvalue weighted by molar-refractivity contribution is 7.14. The van der Waals surface area contributed by atoms with Gasteiger partial charge in [-0.25, -0.2) is 0 Å². The molecule has 1 heterocycles. The Kier molecular flexibility index (Phi) is 5.91. The van der Waals surface area contributed by atoms with Crippen LogP contribution in [-0.2, 0) is 12.8 Å². The molecule has 1 aromatic heterocycles. The van der Waals surface area contributed by atoms with E-state index >= 15 is 0 Å². The number of fused-ring (bicyclic) bond motifs is 1. The number of halogens is 1. The van der Waals surface area contributed by atoms with Crippen molar-refractivity contribution in [2.24, 2.45) is 0 Å². The molecule has 3 rings (SSSR count). The number of thiophene rings is 1. The molecule has 0 saturated heterocycles. The molecule has 0 fully saturated rings. The number of amides is 1. The lowest BCUT2D eigenvalue weighted by atomic mass is 10.1. The lowest BCUT2D eigenvalue weighted by Gasteiger charge is -2.09. The third-order valence-electron chi connectivity index (χ3n) is 3.98. The maximum atomic E-state index is 12.5. The molecule has 23 heavy (non-hydrogen) atoms. The first-order chi connectivity index (χ1) is 10.7. The van der Waals surface area contributed by atoms with E-state index in [2.05, 4.69) is 5.32 Å². The van der Waals surface area contributed by atoms with Crippen molar-refractivity contribution >= 4 is 41.0 Å². The number of aryl methyl sites for hydroxylation is 2. The zero-order valence-electron chi connectivity index (χ0n) is 13.1. The Labute approximate surface area is 146 Å². The molecule has 0 radical (unpaired) electrons. The van der Waals surface area contributed by atoms with Crippen molar-refractivity contribution in [3.05, 3.63) is 39.6 Å². The number of methoxy groups -OCH3 is 1. The number of benzene rings is 1. The summed E-state index contributed by atoms with van der Waals surface area (Å²) in [5.41, 5.74) is 8.39. The Balaban J connectivity index is 0.00000192. The van der Waals surface area contributed by atoms with E-state index in [1.807, 2.05) is 6.07 Å². The second-order valence-corrected chi connectivity index (χ2v) is 6.66. The standard InChI is InChI=1S/C17H20N2O2S.ClH/c1-21-12-7-8-13(18)14(10-12)19-17(20)16-9-11-5-3-2-4-6-15(11)22-16;/h7-10H,2-6,18H2,1H3,(H,19,20);1H. The quantitative estimate of drug-likeness (QED) is 0.640. The van der Waals surface area contributed by atoms with Gasteiger partial charge in [-0.2, -0.15) is 0 Å². The molecule has 1 amide bonds. The van der Waals surface area contributed by atoms with Crippen LogP contribution in [0.3, 0.4) is 0 Å². The Morgan fingerprint density at radius 3 is 2.78 bits per heavy atom. The van der Waals surface area contributed by atoms with Gasteiger partial charge in [0.1, 0.15) is 5.75 Å². The van der Waals surface area contributed by atoms with Gasteiger partial charge in [0.25, 0.3) is 5.91 Å². The first kappa shape index (κ1) is 17.6. The zero-order chi connectivity index (χ0) is 15.5. The molecule has 0 saturated carbocycles. The SMILES string of the molecule is COc1ccc(N)c(NC(=O)c2cc3c(s2)CCCCC3)c1.Cl. The van der Waals surface area contributed by atoms with Crippen LogP contribution in [0.4, 0.5) is 11.4 Å². The zero-order valence-corrected chi connectivity index (χ0v) is 14.7. The molecule has 6 heteroatoms. The van der Waals surface area contributed by atoms with E-state index in [0.29, 0.717) is 17.1 Å². The fraction of sp³-hybridized carbons (Fsp3) is 0.353. The van der Waals surface area contributed by atoms with Crippen LogP contribution in [0.15, 0.2) is 24.3 Å². The van der Waals surface area contributed by atoms with Crippen LogP contribution < -0.4 is 15.8 Å². The average molecular weight is 353 g/mol. The maximum absolute atomic E-state index is 12.5. The van der Waals surface area contributed by atoms with Crippen LogP contribution in [0.1, 0.15) is 39.4 Å². The Morgan fingerprint density at radius 2 is 2.00 bits per heavy atom. The number of carbonyl (C=O) groups excluding carboxylic acids is 1. The van der Waals surface area contributed by atoms with E-state index in [4.69, 9.17) is 10.5 Å². The number of carbonyl (C=O) groups is 1. The van der Waals surface area contributed by atoms with Crippen molar-refractivity contribution in [3.8, 4) is 5.75 Å². The molecule has 124 valence electrons. The van der Waals surface area contributed by atoms with Crippen molar-refractivity contribution in [2.75, 3.05) is 18.2 Å². The van der Waals surface area contributed by atoms with E-state index in [1.165, 1.54) is 29.7 Å². The molecular weight excluding hydrogens is 332 g/mol. The number of hydrogen-bond acceptors (Lipinski definition) is 4. The summed E-state index contributed by atoms with van der Waals surface area (Å²) in [6, 6.07) is 7.29. The number of rotatable bonds is 3. The van der Waals surface area contributed by atoms with Gasteiger partial charge in [-0.3, -0.25) is 4.79 Å². The first-order valence-electron chi connectivity index (χ1n) is 7.54. The van der Waals surface area contributed by atoms with Gasteiger partial charge in [0.15, 0.2) is 0 Å². The predicted octanol–water partition coefficient (Wildman–Crippen LogP) is 4.28. The highest BCUT2D eigenvalue weighted by atomic mass is 35.5. The number of nitrogen functional groups attached to an aromatic ring is 1. The van der Waals surface area contributed by atoms with Crippen LogP contribution in [0.5, 0.6) is 5.75 Å². The molecule has 0 spiro atoms. The van der Waals surface area contributed by atoms with E-state index in [9.17, 15) is 4.79 Å². The molecule has 4 nitrogen and oxygen atoms in total. The van der Waals surface area contributed by atoms with Gasteiger partial charge >= 0.3 is 0 Å². The lowest BCUT2D eigenvalue weighted by molar-refractivity contribution is 0.103. The summed E-state index contributed by atoms with van der Waals surface area (Å²) in [6.45, 7) is 0. The summed E-state index contributed by atoms with van der Waals surface area (Å²) in [5, 5.41) is 2.89. The van der Waals surface area contributed by atoms with Gasteiger partial charge in [-0.05, 0) is 49.4 Å². The summed E-state index contributed by atoms with van der Waals surface area (Å²) in [6.07, 6.45) is 5.89. The smallest absolute Gasteiger partial charge is 0.265 e. The molecule has 2 aromatic rings. The monoisotopic (exact) mass is 352 g/mol. The molecule has 0 unspecified atom stereocenters. The van der Waals surface area contributed by atoms with Crippen molar-refractivity contribution in [2.45, 2.75) is 32.1 Å². The Bertz CT molecular complexity index is 676. The van der Waals surface area contributed by atoms with Crippen LogP contribution in [-0.4, -0.2) is 13.0 Å². The van der Waals surface area contributed by atoms with E-state index in [0.717, 1.165) is 17.7 Å². The highest BCUT2D eigenvalue weighted by Gasteiger charge is 2.17. The number of hydrogen-bond donors (Lipinski definition) is 2. The van der Waals surface area contributed by atoms with E-state index in [1.54, 1.807) is 36.6 Å². The van der Waals surface area contributed by atoms with Crippen molar-refractivity contribution in [1.82, 2.24) is 0 Å². The normalized spacial score (nSPS) is 13.4. The van der Waals surface area contributed by atoms with Gasteiger partial charge in [0.2, 0.25) is 0 Å². The summed E-state index contributed by atoms with van der Waals surface area (Å²) in [7, 11) is 1.59. The lowest BCUT2D eigenvalue weighted by Crippen LogP contribution is -2.11. The first-order valence-corrected chi connectivity index (χ1v) is 8.35. The van der Waals surface area contributed by atoms with Crippen LogP contribution in [0.25, 0.3) is 0 Å². The molecular formula is C17H21ClN2O2S. The third-order valence-corrected chi connectivity index (χ3v) is 5.21. The summed E-state index contributed by atoms with van der Waals surface area (Å²) < 4.78 is 5.17. The van der Waals surface area contributed by atoms with Gasteiger partial charge < -0.3 is 15.8 Å². The second kappa shape index (κ2) is 7.70. The number of ether oxygens (including phenoxy) is 1. The van der Waals surface area contributed by atoms with Crippen molar-refractivity contribution < 1.29 is 9.53 Å². The third kappa shape index (κ3) is 3.98. The number of nitrogens with one attached hydrogen (secondary N) is 1. The predicted molar refractivity (Wildman–Crippen MR) is 98.2 cm³/mol. The molecule has 0 atom stereocenters. The fourth-order valence-electron chi connectivity index (χ4n) is 2.73. The van der Waals surface area contributed by atoms with Gasteiger partial charge in [-0.15, -0.1) is 23.7 Å². The molecule has 3 N–H and O–H groups in total. The summed E-state index contributed by atoms with van der Waals surface area (Å²) in [5.74, 6) is 0.574. The van der Waals surface area contributed by atoms with Crippen molar-refractivity contribution in [1.29, 1.82) is 0 Å². The average Bonchev–Trinajstić information content (AvgIpc) is 2.80. The van der Waals surface area contributed by atoms with Crippen molar-refractivity contribution in [3.63, 3.8) is 0 Å². The second-order valence-electron chi connectivity index (χ2n) is 5.53.